The number of hydrogen-bond donors (Lipinski definition) is 0. The van der Waals surface area contributed by atoms with E-state index in [1.165, 1.54) is 12.5 Å². The molecule has 5 nitrogen and oxygen atoms in total. The topological polar surface area (TPSA) is 69.2 Å². The molecule has 0 spiro atoms. The zero-order chi connectivity index (χ0) is 15.6. The van der Waals surface area contributed by atoms with Crippen LogP contribution in [0.2, 0.25) is 0 Å². The molecule has 21 heavy (non-hydrogen) atoms. The first-order valence-corrected chi connectivity index (χ1v) is 6.68. The molecule has 0 aliphatic heterocycles. The van der Waals surface area contributed by atoms with Crippen molar-refractivity contribution in [1.82, 2.24) is 5.16 Å². The van der Waals surface area contributed by atoms with Crippen LogP contribution in [-0.4, -0.2) is 10.1 Å². The predicted octanol–water partition coefficient (Wildman–Crippen LogP) is 4.36. The van der Waals surface area contributed by atoms with Gasteiger partial charge in [-0.15, -0.1) is 0 Å². The Kier molecular flexibility index (Phi) is 3.93. The van der Waals surface area contributed by atoms with Crippen LogP contribution in [0.15, 0.2) is 28.8 Å². The van der Waals surface area contributed by atoms with E-state index in [1.807, 2.05) is 12.1 Å². The van der Waals surface area contributed by atoms with E-state index in [1.54, 1.807) is 12.2 Å². The highest BCUT2D eigenvalue weighted by Gasteiger charge is 2.21. The van der Waals surface area contributed by atoms with Gasteiger partial charge >= 0.3 is 5.69 Å². The summed E-state index contributed by atoms with van der Waals surface area (Å²) in [5.41, 5.74) is 2.44. The minimum Gasteiger partial charge on any atom is -0.354 e. The monoisotopic (exact) mass is 286 g/mol. The van der Waals surface area contributed by atoms with Crippen molar-refractivity contribution in [2.75, 3.05) is 0 Å². The van der Waals surface area contributed by atoms with Gasteiger partial charge in [-0.1, -0.05) is 56.3 Å². The Balaban J connectivity index is 2.24. The van der Waals surface area contributed by atoms with Crippen molar-refractivity contribution in [3.63, 3.8) is 0 Å². The highest BCUT2D eigenvalue weighted by molar-refractivity contribution is 5.72. The summed E-state index contributed by atoms with van der Waals surface area (Å²) in [6.07, 6.45) is 3.39. The van der Waals surface area contributed by atoms with Crippen LogP contribution in [0, 0.1) is 17.0 Å². The molecule has 1 heterocycles. The second-order valence-electron chi connectivity index (χ2n) is 5.94. The molecule has 0 bridgehead atoms. The summed E-state index contributed by atoms with van der Waals surface area (Å²) in [4.78, 5) is 10.5. The molecule has 0 N–H and O–H groups in total. The predicted molar refractivity (Wildman–Crippen MR) is 82.0 cm³/mol. The van der Waals surface area contributed by atoms with Gasteiger partial charge in [-0.05, 0) is 22.6 Å². The molecule has 2 aromatic rings. The number of benzene rings is 1. The van der Waals surface area contributed by atoms with Gasteiger partial charge in [-0.25, -0.2) is 0 Å². The quantitative estimate of drug-likeness (QED) is 0.621. The molecule has 0 amide bonds. The van der Waals surface area contributed by atoms with Crippen molar-refractivity contribution >= 4 is 17.8 Å². The lowest BCUT2D eigenvalue weighted by molar-refractivity contribution is -0.386. The molecule has 0 saturated heterocycles. The molecular weight excluding hydrogens is 268 g/mol. The second-order valence-corrected chi connectivity index (χ2v) is 5.94. The lowest BCUT2D eigenvalue weighted by Crippen LogP contribution is -2.10. The fourth-order valence-electron chi connectivity index (χ4n) is 1.99. The van der Waals surface area contributed by atoms with E-state index in [0.29, 0.717) is 0 Å². The van der Waals surface area contributed by atoms with Crippen molar-refractivity contribution in [3.05, 3.63) is 57.0 Å². The third-order valence-electron chi connectivity index (χ3n) is 3.25. The molecule has 0 radical (unpaired) electrons. The summed E-state index contributed by atoms with van der Waals surface area (Å²) < 4.78 is 4.87. The molecular formula is C16H18N2O3. The van der Waals surface area contributed by atoms with Crippen molar-refractivity contribution in [3.8, 4) is 0 Å². The third kappa shape index (κ3) is 3.37. The second kappa shape index (κ2) is 5.52. The molecule has 110 valence electrons. The Morgan fingerprint density at radius 3 is 2.33 bits per heavy atom. The van der Waals surface area contributed by atoms with Crippen LogP contribution >= 0.6 is 0 Å². The molecule has 0 fully saturated rings. The highest BCUT2D eigenvalue weighted by atomic mass is 16.6. The van der Waals surface area contributed by atoms with Gasteiger partial charge in [0.2, 0.25) is 5.76 Å². The van der Waals surface area contributed by atoms with E-state index in [-0.39, 0.29) is 22.6 Å². The van der Waals surface area contributed by atoms with Crippen LogP contribution in [0.1, 0.15) is 43.4 Å². The van der Waals surface area contributed by atoms with Gasteiger partial charge < -0.3 is 4.52 Å². The molecule has 0 saturated carbocycles. The Bertz CT molecular complexity index is 677. The van der Waals surface area contributed by atoms with Crippen molar-refractivity contribution in [2.45, 2.75) is 33.1 Å². The molecule has 0 atom stereocenters. The number of hydrogen-bond acceptors (Lipinski definition) is 4. The lowest BCUT2D eigenvalue weighted by atomic mass is 9.87. The van der Waals surface area contributed by atoms with E-state index in [2.05, 4.69) is 38.1 Å². The van der Waals surface area contributed by atoms with Gasteiger partial charge in [-0.2, -0.15) is 0 Å². The number of nitro groups is 1. The minimum atomic E-state index is -0.478. The average Bonchev–Trinajstić information content (AvgIpc) is 2.77. The summed E-state index contributed by atoms with van der Waals surface area (Å²) in [5.74, 6) is 0.211. The van der Waals surface area contributed by atoms with Crippen molar-refractivity contribution < 1.29 is 9.45 Å². The van der Waals surface area contributed by atoms with Crippen LogP contribution in [0.4, 0.5) is 5.69 Å². The maximum Gasteiger partial charge on any atom is 0.338 e. The molecule has 1 aromatic carbocycles. The molecule has 5 heteroatoms. The molecule has 2 rings (SSSR count). The van der Waals surface area contributed by atoms with Gasteiger partial charge in [-0.3, -0.25) is 10.1 Å². The van der Waals surface area contributed by atoms with E-state index in [9.17, 15) is 10.1 Å². The Hall–Kier alpha value is -2.43. The first kappa shape index (κ1) is 15.0. The fraction of sp³-hybridized carbons (Fsp3) is 0.312. The zero-order valence-corrected chi connectivity index (χ0v) is 12.6. The van der Waals surface area contributed by atoms with E-state index in [4.69, 9.17) is 4.52 Å². The smallest absolute Gasteiger partial charge is 0.338 e. The van der Waals surface area contributed by atoms with Gasteiger partial charge in [0, 0.05) is 6.92 Å². The minimum absolute atomic E-state index is 0.0856. The molecule has 0 aliphatic carbocycles. The van der Waals surface area contributed by atoms with Gasteiger partial charge in [0.25, 0.3) is 0 Å². The van der Waals surface area contributed by atoms with Gasteiger partial charge in [0.1, 0.15) is 0 Å². The summed E-state index contributed by atoms with van der Waals surface area (Å²) in [7, 11) is 0. The van der Waals surface area contributed by atoms with E-state index >= 15 is 0 Å². The Morgan fingerprint density at radius 1 is 1.19 bits per heavy atom. The Labute approximate surface area is 123 Å². The number of nitrogens with zero attached hydrogens (tertiary/aromatic N) is 2. The number of aryl methyl sites for hydroxylation is 1. The normalized spacial score (nSPS) is 12.0. The average molecular weight is 286 g/mol. The Morgan fingerprint density at radius 2 is 1.81 bits per heavy atom. The molecule has 0 aliphatic rings. The van der Waals surface area contributed by atoms with E-state index < -0.39 is 4.92 Å². The fourth-order valence-corrected chi connectivity index (χ4v) is 1.99. The zero-order valence-electron chi connectivity index (χ0n) is 12.6. The van der Waals surface area contributed by atoms with E-state index in [0.717, 1.165) is 5.56 Å². The first-order valence-electron chi connectivity index (χ1n) is 6.68. The van der Waals surface area contributed by atoms with Gasteiger partial charge in [0.15, 0.2) is 5.69 Å². The highest BCUT2D eigenvalue weighted by Crippen LogP contribution is 2.25. The summed E-state index contributed by atoms with van der Waals surface area (Å²) in [6, 6.07) is 8.08. The van der Waals surface area contributed by atoms with Crippen molar-refractivity contribution in [1.29, 1.82) is 0 Å². The summed E-state index contributed by atoms with van der Waals surface area (Å²) in [6.45, 7) is 7.98. The number of aromatic nitrogens is 1. The van der Waals surface area contributed by atoms with Crippen LogP contribution in [0.25, 0.3) is 12.2 Å². The molecule has 1 aromatic heterocycles. The van der Waals surface area contributed by atoms with Gasteiger partial charge in [0.05, 0.1) is 4.92 Å². The summed E-state index contributed by atoms with van der Waals surface area (Å²) in [5, 5.41) is 14.6. The standard InChI is InChI=1S/C16H18N2O3/c1-11-15(18(19)20)14(17-21-11)10-7-12-5-8-13(9-6-12)16(2,3)4/h5-10H,1-4H3. The number of rotatable bonds is 3. The maximum atomic E-state index is 10.9. The summed E-state index contributed by atoms with van der Waals surface area (Å²) >= 11 is 0. The third-order valence-corrected chi connectivity index (χ3v) is 3.25. The lowest BCUT2D eigenvalue weighted by Gasteiger charge is -2.18. The van der Waals surface area contributed by atoms with Crippen LogP contribution in [0.3, 0.4) is 0 Å². The van der Waals surface area contributed by atoms with Crippen molar-refractivity contribution in [2.24, 2.45) is 0 Å². The SMILES string of the molecule is Cc1onc(C=Cc2ccc(C(C)(C)C)cc2)c1[N+](=O)[O-]. The maximum absolute atomic E-state index is 10.9. The van der Waals surface area contributed by atoms with Crippen LogP contribution in [-0.2, 0) is 5.41 Å². The van der Waals surface area contributed by atoms with Crippen LogP contribution in [0.5, 0.6) is 0 Å². The largest absolute Gasteiger partial charge is 0.354 e. The molecule has 0 unspecified atom stereocenters. The first-order chi connectivity index (χ1) is 9.79. The van der Waals surface area contributed by atoms with Crippen LogP contribution < -0.4 is 0 Å².